The van der Waals surface area contributed by atoms with Crippen molar-refractivity contribution in [2.45, 2.75) is 19.8 Å². The van der Waals surface area contributed by atoms with E-state index in [2.05, 4.69) is 0 Å². The summed E-state index contributed by atoms with van der Waals surface area (Å²) in [6, 6.07) is 6.14. The van der Waals surface area contributed by atoms with E-state index >= 15 is 0 Å². The minimum absolute atomic E-state index is 0.0745. The van der Waals surface area contributed by atoms with Crippen molar-refractivity contribution in [1.82, 2.24) is 4.90 Å². The zero-order valence-corrected chi connectivity index (χ0v) is 11.1. The first-order chi connectivity index (χ1) is 8.90. The molecule has 0 aliphatic carbocycles. The number of amides is 1. The number of carbonyl (C=O) groups excluding carboxylic acids is 1. The van der Waals surface area contributed by atoms with Gasteiger partial charge < -0.3 is 10.0 Å². The van der Waals surface area contributed by atoms with Crippen molar-refractivity contribution in [3.8, 4) is 0 Å². The van der Waals surface area contributed by atoms with Crippen LogP contribution < -0.4 is 0 Å². The van der Waals surface area contributed by atoms with E-state index in [4.69, 9.17) is 5.11 Å². The summed E-state index contributed by atoms with van der Waals surface area (Å²) in [5.41, 5.74) is 0.757. The maximum atomic E-state index is 13.0. The highest BCUT2D eigenvalue weighted by Gasteiger charge is 2.18. The van der Waals surface area contributed by atoms with E-state index < -0.39 is 5.97 Å². The van der Waals surface area contributed by atoms with Gasteiger partial charge in [-0.3, -0.25) is 9.59 Å². The largest absolute Gasteiger partial charge is 0.481 e. The lowest BCUT2D eigenvalue weighted by molar-refractivity contribution is -0.139. The molecule has 104 valence electrons. The van der Waals surface area contributed by atoms with Crippen LogP contribution in [-0.4, -0.2) is 35.5 Å². The second-order valence-electron chi connectivity index (χ2n) is 4.64. The Balaban J connectivity index is 2.54. The van der Waals surface area contributed by atoms with Crippen LogP contribution in [0.5, 0.6) is 0 Å². The van der Waals surface area contributed by atoms with E-state index in [9.17, 15) is 14.0 Å². The predicted molar refractivity (Wildman–Crippen MR) is 69.2 cm³/mol. The van der Waals surface area contributed by atoms with E-state index in [0.717, 1.165) is 5.56 Å². The van der Waals surface area contributed by atoms with Crippen LogP contribution in [0.2, 0.25) is 0 Å². The maximum absolute atomic E-state index is 13.0. The van der Waals surface area contributed by atoms with E-state index in [1.54, 1.807) is 26.1 Å². The zero-order valence-electron chi connectivity index (χ0n) is 11.1. The number of carboxylic acids is 1. The van der Waals surface area contributed by atoms with Gasteiger partial charge in [0.25, 0.3) is 0 Å². The average molecular weight is 267 g/mol. The van der Waals surface area contributed by atoms with Gasteiger partial charge in [-0.2, -0.15) is 0 Å². The highest BCUT2D eigenvalue weighted by molar-refractivity contribution is 5.79. The van der Waals surface area contributed by atoms with Gasteiger partial charge in [0, 0.05) is 19.5 Å². The molecule has 1 aromatic carbocycles. The van der Waals surface area contributed by atoms with E-state index in [0.29, 0.717) is 6.42 Å². The quantitative estimate of drug-likeness (QED) is 0.857. The van der Waals surface area contributed by atoms with Gasteiger partial charge in [-0.15, -0.1) is 0 Å². The van der Waals surface area contributed by atoms with Crippen molar-refractivity contribution < 1.29 is 19.1 Å². The van der Waals surface area contributed by atoms with Crippen molar-refractivity contribution >= 4 is 11.9 Å². The minimum atomic E-state index is -0.933. The normalized spacial score (nSPS) is 11.9. The van der Waals surface area contributed by atoms with Gasteiger partial charge in [-0.05, 0) is 24.1 Å². The van der Waals surface area contributed by atoms with E-state index in [1.165, 1.54) is 17.0 Å². The Bertz CT molecular complexity index is 462. The van der Waals surface area contributed by atoms with Crippen LogP contribution >= 0.6 is 0 Å². The van der Waals surface area contributed by atoms with Gasteiger partial charge in [0.05, 0.1) is 6.42 Å². The van der Waals surface area contributed by atoms with Crippen LogP contribution in [0.15, 0.2) is 24.3 Å². The monoisotopic (exact) mass is 267 g/mol. The van der Waals surface area contributed by atoms with Gasteiger partial charge in [0.15, 0.2) is 0 Å². The SMILES string of the molecule is CC(Cc1cccc(F)c1)C(=O)N(C)CCC(=O)O. The predicted octanol–water partition coefficient (Wildman–Crippen LogP) is 1.94. The highest BCUT2D eigenvalue weighted by atomic mass is 19.1. The van der Waals surface area contributed by atoms with Gasteiger partial charge in [-0.25, -0.2) is 4.39 Å². The number of carbonyl (C=O) groups is 2. The number of aliphatic carboxylic acids is 1. The topological polar surface area (TPSA) is 57.6 Å². The molecule has 1 unspecified atom stereocenters. The molecule has 1 N–H and O–H groups in total. The Kier molecular flexibility index (Phi) is 5.48. The Morgan fingerprint density at radius 3 is 2.68 bits per heavy atom. The number of rotatable bonds is 6. The molecule has 0 saturated heterocycles. The summed E-state index contributed by atoms with van der Waals surface area (Å²) in [6.45, 7) is 1.94. The molecule has 0 aliphatic heterocycles. The molecule has 19 heavy (non-hydrogen) atoms. The molecule has 0 aliphatic rings. The van der Waals surface area contributed by atoms with Crippen LogP contribution in [0.3, 0.4) is 0 Å². The summed E-state index contributed by atoms with van der Waals surface area (Å²) in [4.78, 5) is 23.8. The smallest absolute Gasteiger partial charge is 0.305 e. The molecule has 1 aromatic rings. The second kappa shape index (κ2) is 6.87. The van der Waals surface area contributed by atoms with Gasteiger partial charge in [-0.1, -0.05) is 19.1 Å². The molecule has 4 nitrogen and oxygen atoms in total. The number of carboxylic acid groups (broad SMARTS) is 1. The van der Waals surface area contributed by atoms with Crippen molar-refractivity contribution in [3.63, 3.8) is 0 Å². The summed E-state index contributed by atoms with van der Waals surface area (Å²) in [5, 5.41) is 8.57. The molecule has 0 fully saturated rings. The molecule has 1 atom stereocenters. The lowest BCUT2D eigenvalue weighted by Crippen LogP contribution is -2.34. The summed E-state index contributed by atoms with van der Waals surface area (Å²) >= 11 is 0. The van der Waals surface area contributed by atoms with Crippen molar-refractivity contribution in [2.24, 2.45) is 5.92 Å². The third-order valence-corrected chi connectivity index (χ3v) is 2.89. The van der Waals surface area contributed by atoms with Gasteiger partial charge >= 0.3 is 5.97 Å². The molecule has 0 saturated carbocycles. The second-order valence-corrected chi connectivity index (χ2v) is 4.64. The molecule has 1 amide bonds. The van der Waals surface area contributed by atoms with Crippen LogP contribution in [0.25, 0.3) is 0 Å². The number of hydrogen-bond donors (Lipinski definition) is 1. The van der Waals surface area contributed by atoms with Crippen LogP contribution in [-0.2, 0) is 16.0 Å². The fourth-order valence-electron chi connectivity index (χ4n) is 1.85. The summed E-state index contributed by atoms with van der Waals surface area (Å²) in [5.74, 6) is -1.69. The first kappa shape index (κ1) is 15.1. The molecular weight excluding hydrogens is 249 g/mol. The first-order valence-corrected chi connectivity index (χ1v) is 6.11. The standard InChI is InChI=1S/C14H18FNO3/c1-10(8-11-4-3-5-12(15)9-11)14(19)16(2)7-6-13(17)18/h3-5,9-10H,6-8H2,1-2H3,(H,17,18). The van der Waals surface area contributed by atoms with Crippen molar-refractivity contribution in [1.29, 1.82) is 0 Å². The first-order valence-electron chi connectivity index (χ1n) is 6.11. The minimum Gasteiger partial charge on any atom is -0.481 e. The van der Waals surface area contributed by atoms with E-state index in [-0.39, 0.29) is 30.6 Å². The Morgan fingerprint density at radius 2 is 2.11 bits per heavy atom. The maximum Gasteiger partial charge on any atom is 0.305 e. The van der Waals surface area contributed by atoms with Crippen molar-refractivity contribution in [2.75, 3.05) is 13.6 Å². The molecule has 5 heteroatoms. The lowest BCUT2D eigenvalue weighted by atomic mass is 10.00. The number of nitrogens with zero attached hydrogens (tertiary/aromatic N) is 1. The molecule has 0 aromatic heterocycles. The summed E-state index contributed by atoms with van der Waals surface area (Å²) in [7, 11) is 1.58. The Morgan fingerprint density at radius 1 is 1.42 bits per heavy atom. The summed E-state index contributed by atoms with van der Waals surface area (Å²) < 4.78 is 13.0. The number of halogens is 1. The van der Waals surface area contributed by atoms with Gasteiger partial charge in [0.1, 0.15) is 5.82 Å². The molecule has 0 bridgehead atoms. The molecule has 0 heterocycles. The Labute approximate surface area is 111 Å². The number of hydrogen-bond acceptors (Lipinski definition) is 2. The molecule has 1 rings (SSSR count). The van der Waals surface area contributed by atoms with Crippen LogP contribution in [0, 0.1) is 11.7 Å². The third-order valence-electron chi connectivity index (χ3n) is 2.89. The van der Waals surface area contributed by atoms with Crippen LogP contribution in [0.1, 0.15) is 18.9 Å². The van der Waals surface area contributed by atoms with E-state index in [1.807, 2.05) is 0 Å². The summed E-state index contributed by atoms with van der Waals surface area (Å²) in [6.07, 6.45) is 0.364. The number of benzene rings is 1. The van der Waals surface area contributed by atoms with Crippen LogP contribution in [0.4, 0.5) is 4.39 Å². The average Bonchev–Trinajstić information content (AvgIpc) is 2.34. The third kappa shape index (κ3) is 5.07. The molecule has 0 spiro atoms. The lowest BCUT2D eigenvalue weighted by Gasteiger charge is -2.20. The fourth-order valence-corrected chi connectivity index (χ4v) is 1.85. The highest BCUT2D eigenvalue weighted by Crippen LogP contribution is 2.12. The molecular formula is C14H18FNO3. The molecule has 0 radical (unpaired) electrons. The zero-order chi connectivity index (χ0) is 14.4. The van der Waals surface area contributed by atoms with Crippen molar-refractivity contribution in [3.05, 3.63) is 35.6 Å². The fraction of sp³-hybridized carbons (Fsp3) is 0.429. The Hall–Kier alpha value is -1.91. The van der Waals surface area contributed by atoms with Gasteiger partial charge in [0.2, 0.25) is 5.91 Å².